The van der Waals surface area contributed by atoms with Crippen LogP contribution in [0.5, 0.6) is 11.5 Å². The van der Waals surface area contributed by atoms with Gasteiger partial charge in [-0.3, -0.25) is 0 Å². The predicted octanol–water partition coefficient (Wildman–Crippen LogP) is 4.27. The average molecular weight is 312 g/mol. The zero-order chi connectivity index (χ0) is 14.5. The molecule has 2 rings (SSSR count). The van der Waals surface area contributed by atoms with Gasteiger partial charge in [0, 0.05) is 22.5 Å². The smallest absolute Gasteiger partial charge is 0.128 e. The molecule has 20 heavy (non-hydrogen) atoms. The first kappa shape index (κ1) is 15.2. The van der Waals surface area contributed by atoms with Crippen LogP contribution in [-0.4, -0.2) is 14.2 Å². The number of halogens is 1. The van der Waals surface area contributed by atoms with E-state index >= 15 is 0 Å². The van der Waals surface area contributed by atoms with Gasteiger partial charge in [-0.15, -0.1) is 11.3 Å². The van der Waals surface area contributed by atoms with Gasteiger partial charge >= 0.3 is 0 Å². The molecule has 0 bridgehead atoms. The Balaban J connectivity index is 2.18. The lowest BCUT2D eigenvalue weighted by Gasteiger charge is -2.17. The second kappa shape index (κ2) is 6.97. The van der Waals surface area contributed by atoms with E-state index in [1.807, 2.05) is 37.4 Å². The van der Waals surface area contributed by atoms with E-state index in [0.29, 0.717) is 6.61 Å². The summed E-state index contributed by atoms with van der Waals surface area (Å²) in [7, 11) is 3.58. The number of nitrogens with one attached hydrogen (secondary N) is 1. The van der Waals surface area contributed by atoms with E-state index in [1.54, 1.807) is 7.11 Å². The van der Waals surface area contributed by atoms with E-state index in [2.05, 4.69) is 12.2 Å². The predicted molar refractivity (Wildman–Crippen MR) is 84.1 cm³/mol. The summed E-state index contributed by atoms with van der Waals surface area (Å²) in [5.74, 6) is 1.62. The summed E-state index contributed by atoms with van der Waals surface area (Å²) in [6.07, 6.45) is 0. The zero-order valence-corrected chi connectivity index (χ0v) is 13.3. The number of hydrogen-bond acceptors (Lipinski definition) is 4. The summed E-state index contributed by atoms with van der Waals surface area (Å²) in [6.45, 7) is 2.60. The summed E-state index contributed by atoms with van der Waals surface area (Å²) >= 11 is 7.46. The second-order valence-electron chi connectivity index (χ2n) is 4.41. The van der Waals surface area contributed by atoms with E-state index in [-0.39, 0.29) is 6.04 Å². The molecule has 1 aromatic heterocycles. The van der Waals surface area contributed by atoms with Gasteiger partial charge < -0.3 is 14.8 Å². The van der Waals surface area contributed by atoms with Gasteiger partial charge in [0.05, 0.1) is 11.4 Å². The highest BCUT2D eigenvalue weighted by atomic mass is 35.5. The summed E-state index contributed by atoms with van der Waals surface area (Å²) in [5, 5.41) is 3.22. The van der Waals surface area contributed by atoms with Crippen LogP contribution in [0.2, 0.25) is 4.34 Å². The highest BCUT2D eigenvalue weighted by Crippen LogP contribution is 2.31. The van der Waals surface area contributed by atoms with Gasteiger partial charge in [0.15, 0.2) is 0 Å². The SMILES string of the molecule is CNC(C)c1ccc(OC)cc1OCc1ccc(Cl)s1. The summed E-state index contributed by atoms with van der Waals surface area (Å²) in [5.41, 5.74) is 1.11. The Morgan fingerprint density at radius 1 is 1.30 bits per heavy atom. The molecule has 1 unspecified atom stereocenters. The van der Waals surface area contributed by atoms with Crippen LogP contribution in [0.1, 0.15) is 23.4 Å². The van der Waals surface area contributed by atoms with Crippen LogP contribution < -0.4 is 14.8 Å². The van der Waals surface area contributed by atoms with Crippen molar-refractivity contribution in [3.8, 4) is 11.5 Å². The Kier molecular flexibility index (Phi) is 5.29. The van der Waals surface area contributed by atoms with Crippen molar-refractivity contribution < 1.29 is 9.47 Å². The highest BCUT2D eigenvalue weighted by Gasteiger charge is 2.12. The number of methoxy groups -OCH3 is 1. The summed E-state index contributed by atoms with van der Waals surface area (Å²) in [6, 6.07) is 9.96. The van der Waals surface area contributed by atoms with Crippen molar-refractivity contribution in [2.45, 2.75) is 19.6 Å². The minimum atomic E-state index is 0.211. The normalized spacial score (nSPS) is 12.2. The molecule has 0 spiro atoms. The number of thiophene rings is 1. The molecule has 0 aliphatic heterocycles. The molecule has 3 nitrogen and oxygen atoms in total. The number of rotatable bonds is 6. The molecule has 0 aliphatic carbocycles. The first-order chi connectivity index (χ1) is 9.63. The van der Waals surface area contributed by atoms with Gasteiger partial charge in [0.2, 0.25) is 0 Å². The van der Waals surface area contributed by atoms with Gasteiger partial charge in [0.1, 0.15) is 18.1 Å². The van der Waals surface area contributed by atoms with Crippen molar-refractivity contribution >= 4 is 22.9 Å². The van der Waals surface area contributed by atoms with Crippen LogP contribution in [0.4, 0.5) is 0 Å². The van der Waals surface area contributed by atoms with Crippen LogP contribution in [-0.2, 0) is 6.61 Å². The van der Waals surface area contributed by atoms with Gasteiger partial charge in [-0.2, -0.15) is 0 Å². The minimum absolute atomic E-state index is 0.211. The fourth-order valence-corrected chi connectivity index (χ4v) is 2.86. The molecule has 5 heteroatoms. The third-order valence-electron chi connectivity index (χ3n) is 3.12. The third kappa shape index (κ3) is 3.66. The molecule has 2 aromatic rings. The number of benzene rings is 1. The molecule has 0 saturated carbocycles. The largest absolute Gasteiger partial charge is 0.497 e. The maximum atomic E-state index is 5.93. The lowest BCUT2D eigenvalue weighted by atomic mass is 10.1. The van der Waals surface area contributed by atoms with Gasteiger partial charge in [-0.05, 0) is 32.2 Å². The molecule has 0 amide bonds. The average Bonchev–Trinajstić information content (AvgIpc) is 2.89. The summed E-state index contributed by atoms with van der Waals surface area (Å²) < 4.78 is 12.0. The van der Waals surface area contributed by atoms with Gasteiger partial charge in [-0.1, -0.05) is 17.7 Å². The first-order valence-electron chi connectivity index (χ1n) is 6.36. The van der Waals surface area contributed by atoms with Crippen molar-refractivity contribution in [3.05, 3.63) is 45.1 Å². The van der Waals surface area contributed by atoms with E-state index in [4.69, 9.17) is 21.1 Å². The molecule has 0 fully saturated rings. The zero-order valence-electron chi connectivity index (χ0n) is 11.8. The van der Waals surface area contributed by atoms with E-state index in [9.17, 15) is 0 Å². The molecule has 0 radical (unpaired) electrons. The quantitative estimate of drug-likeness (QED) is 0.864. The standard InChI is InChI=1S/C15H18ClNO2S/c1-10(17-2)13-6-4-11(18-3)8-14(13)19-9-12-5-7-15(16)20-12/h4-8,10,17H,9H2,1-3H3. The van der Waals surface area contributed by atoms with Crippen LogP contribution in [0.15, 0.2) is 30.3 Å². The molecular formula is C15H18ClNO2S. The Morgan fingerprint density at radius 2 is 2.10 bits per heavy atom. The van der Waals surface area contributed by atoms with Crippen molar-refractivity contribution in [1.29, 1.82) is 0 Å². The minimum Gasteiger partial charge on any atom is -0.497 e. The fourth-order valence-electron chi connectivity index (χ4n) is 1.86. The van der Waals surface area contributed by atoms with Crippen LogP contribution in [0.3, 0.4) is 0 Å². The molecule has 1 N–H and O–H groups in total. The molecule has 0 aliphatic rings. The van der Waals surface area contributed by atoms with Crippen molar-refractivity contribution in [3.63, 3.8) is 0 Å². The molecule has 108 valence electrons. The Hall–Kier alpha value is -1.23. The van der Waals surface area contributed by atoms with Crippen LogP contribution >= 0.6 is 22.9 Å². The van der Waals surface area contributed by atoms with Gasteiger partial charge in [-0.25, -0.2) is 0 Å². The molecule has 1 aromatic carbocycles. The molecule has 1 atom stereocenters. The molecule has 0 saturated heterocycles. The van der Waals surface area contributed by atoms with Crippen molar-refractivity contribution in [1.82, 2.24) is 5.32 Å². The van der Waals surface area contributed by atoms with E-state index < -0.39 is 0 Å². The van der Waals surface area contributed by atoms with E-state index in [0.717, 1.165) is 26.3 Å². The van der Waals surface area contributed by atoms with Crippen LogP contribution in [0, 0.1) is 0 Å². The Labute approximate surface area is 128 Å². The van der Waals surface area contributed by atoms with E-state index in [1.165, 1.54) is 11.3 Å². The monoisotopic (exact) mass is 311 g/mol. The van der Waals surface area contributed by atoms with Crippen molar-refractivity contribution in [2.24, 2.45) is 0 Å². The first-order valence-corrected chi connectivity index (χ1v) is 7.55. The lowest BCUT2D eigenvalue weighted by molar-refractivity contribution is 0.301. The number of ether oxygens (including phenoxy) is 2. The highest BCUT2D eigenvalue weighted by molar-refractivity contribution is 7.16. The maximum absolute atomic E-state index is 5.93. The maximum Gasteiger partial charge on any atom is 0.128 e. The molecular weight excluding hydrogens is 294 g/mol. The van der Waals surface area contributed by atoms with Crippen molar-refractivity contribution in [2.75, 3.05) is 14.2 Å². The Morgan fingerprint density at radius 3 is 2.70 bits per heavy atom. The molecule has 1 heterocycles. The summed E-state index contributed by atoms with van der Waals surface area (Å²) in [4.78, 5) is 1.10. The second-order valence-corrected chi connectivity index (χ2v) is 6.21. The third-order valence-corrected chi connectivity index (χ3v) is 4.32. The van der Waals surface area contributed by atoms with Gasteiger partial charge in [0.25, 0.3) is 0 Å². The number of hydrogen-bond donors (Lipinski definition) is 1. The topological polar surface area (TPSA) is 30.5 Å². The fraction of sp³-hybridized carbons (Fsp3) is 0.333. The Bertz CT molecular complexity index is 571. The van der Waals surface area contributed by atoms with Crippen LogP contribution in [0.25, 0.3) is 0 Å². The lowest BCUT2D eigenvalue weighted by Crippen LogP contribution is -2.13.